The number of rotatable bonds is 5. The average molecular weight is 323 g/mol. The Morgan fingerprint density at radius 2 is 2.00 bits per heavy atom. The van der Waals surface area contributed by atoms with Crippen molar-refractivity contribution >= 4 is 16.8 Å². The van der Waals surface area contributed by atoms with Gasteiger partial charge in [-0.15, -0.1) is 0 Å². The van der Waals surface area contributed by atoms with Crippen LogP contribution in [0.25, 0.3) is 10.9 Å². The molecule has 5 heteroatoms. The highest BCUT2D eigenvalue weighted by Gasteiger charge is 2.32. The van der Waals surface area contributed by atoms with Gasteiger partial charge in [0.2, 0.25) is 5.91 Å². The Labute approximate surface area is 141 Å². The van der Waals surface area contributed by atoms with Crippen LogP contribution in [0.2, 0.25) is 0 Å². The summed E-state index contributed by atoms with van der Waals surface area (Å²) in [5.74, 6) is 0.749. The fourth-order valence-electron chi connectivity index (χ4n) is 2.77. The summed E-state index contributed by atoms with van der Waals surface area (Å²) in [4.78, 5) is 20.0. The number of fused-ring (bicyclic) bond motifs is 1. The highest BCUT2D eigenvalue weighted by molar-refractivity contribution is 5.95. The fourth-order valence-corrected chi connectivity index (χ4v) is 2.77. The van der Waals surface area contributed by atoms with E-state index in [2.05, 4.69) is 15.3 Å². The van der Waals surface area contributed by atoms with E-state index in [0.717, 1.165) is 27.8 Å². The molecule has 0 atom stereocenters. The molecule has 0 fully saturated rings. The van der Waals surface area contributed by atoms with Gasteiger partial charge in [-0.3, -0.25) is 9.78 Å². The van der Waals surface area contributed by atoms with E-state index in [1.165, 1.54) is 0 Å². The largest absolute Gasteiger partial charge is 0.497 e. The van der Waals surface area contributed by atoms with Gasteiger partial charge < -0.3 is 15.0 Å². The van der Waals surface area contributed by atoms with Crippen LogP contribution in [0.4, 0.5) is 0 Å². The Morgan fingerprint density at radius 1 is 1.25 bits per heavy atom. The van der Waals surface area contributed by atoms with Crippen molar-refractivity contribution < 1.29 is 9.53 Å². The maximum atomic E-state index is 12.8. The number of benzene rings is 1. The third kappa shape index (κ3) is 2.97. The standard InChI is InChI=1S/C19H21N3O2/c1-19(2,18(23)22-11-13-6-8-20-9-7-13)16-12-21-17-5-4-14(24-3)10-15(16)17/h4-10,12,21H,11H2,1-3H3,(H,22,23). The zero-order chi connectivity index (χ0) is 17.2. The predicted molar refractivity (Wildman–Crippen MR) is 94.0 cm³/mol. The summed E-state index contributed by atoms with van der Waals surface area (Å²) in [5, 5.41) is 4.01. The SMILES string of the molecule is COc1ccc2[nH]cc(C(C)(C)C(=O)NCc3ccncc3)c2c1. The third-order valence-corrected chi connectivity index (χ3v) is 4.33. The number of ether oxygens (including phenoxy) is 1. The Kier molecular flexibility index (Phi) is 4.25. The minimum Gasteiger partial charge on any atom is -0.497 e. The second kappa shape index (κ2) is 6.35. The molecule has 3 aromatic rings. The first-order valence-corrected chi connectivity index (χ1v) is 7.85. The van der Waals surface area contributed by atoms with E-state index in [4.69, 9.17) is 4.74 Å². The first-order valence-electron chi connectivity index (χ1n) is 7.85. The molecular weight excluding hydrogens is 302 g/mol. The molecule has 2 heterocycles. The van der Waals surface area contributed by atoms with E-state index in [9.17, 15) is 4.79 Å². The lowest BCUT2D eigenvalue weighted by atomic mass is 9.83. The molecule has 0 saturated heterocycles. The molecule has 124 valence electrons. The first kappa shape index (κ1) is 16.1. The number of nitrogens with zero attached hydrogens (tertiary/aromatic N) is 1. The van der Waals surface area contributed by atoms with Crippen LogP contribution in [0.3, 0.4) is 0 Å². The molecule has 0 unspecified atom stereocenters. The minimum atomic E-state index is -0.669. The number of carbonyl (C=O) groups excluding carboxylic acids is 1. The summed E-state index contributed by atoms with van der Waals surface area (Å²) < 4.78 is 5.30. The van der Waals surface area contributed by atoms with Crippen LogP contribution >= 0.6 is 0 Å². The Morgan fingerprint density at radius 3 is 2.71 bits per heavy atom. The number of hydrogen-bond donors (Lipinski definition) is 2. The normalized spacial score (nSPS) is 11.5. The van der Waals surface area contributed by atoms with Crippen molar-refractivity contribution in [2.75, 3.05) is 7.11 Å². The molecule has 0 saturated carbocycles. The van der Waals surface area contributed by atoms with E-state index >= 15 is 0 Å². The number of methoxy groups -OCH3 is 1. The molecule has 0 aliphatic rings. The smallest absolute Gasteiger partial charge is 0.230 e. The summed E-state index contributed by atoms with van der Waals surface area (Å²) >= 11 is 0. The van der Waals surface area contributed by atoms with Gasteiger partial charge in [0.1, 0.15) is 5.75 Å². The lowest BCUT2D eigenvalue weighted by Gasteiger charge is -2.23. The van der Waals surface area contributed by atoms with Gasteiger partial charge in [0, 0.05) is 36.0 Å². The van der Waals surface area contributed by atoms with Crippen LogP contribution in [0.5, 0.6) is 5.75 Å². The summed E-state index contributed by atoms with van der Waals surface area (Å²) in [5.41, 5.74) is 2.29. The summed E-state index contributed by atoms with van der Waals surface area (Å²) in [6.07, 6.45) is 5.34. The van der Waals surface area contributed by atoms with Crippen LogP contribution in [0.15, 0.2) is 48.9 Å². The van der Waals surface area contributed by atoms with Crippen molar-refractivity contribution in [2.45, 2.75) is 25.8 Å². The Balaban J connectivity index is 1.85. The van der Waals surface area contributed by atoms with Crippen molar-refractivity contribution in [3.63, 3.8) is 0 Å². The maximum Gasteiger partial charge on any atom is 0.230 e. The monoisotopic (exact) mass is 323 g/mol. The van der Waals surface area contributed by atoms with E-state index in [1.54, 1.807) is 19.5 Å². The van der Waals surface area contributed by atoms with Crippen LogP contribution in [-0.2, 0) is 16.8 Å². The molecule has 1 amide bonds. The number of aromatic nitrogens is 2. The van der Waals surface area contributed by atoms with E-state index in [0.29, 0.717) is 6.54 Å². The second-order valence-corrected chi connectivity index (χ2v) is 6.28. The van der Waals surface area contributed by atoms with Crippen molar-refractivity contribution in [3.8, 4) is 5.75 Å². The molecule has 0 aliphatic carbocycles. The number of hydrogen-bond acceptors (Lipinski definition) is 3. The van der Waals surface area contributed by atoms with Crippen molar-refractivity contribution in [3.05, 3.63) is 60.0 Å². The molecule has 2 N–H and O–H groups in total. The number of aromatic amines is 1. The average Bonchev–Trinajstić information content (AvgIpc) is 3.04. The van der Waals surface area contributed by atoms with Gasteiger partial charge in [0.15, 0.2) is 0 Å². The Hall–Kier alpha value is -2.82. The molecular formula is C19H21N3O2. The lowest BCUT2D eigenvalue weighted by molar-refractivity contribution is -0.125. The van der Waals surface area contributed by atoms with Crippen LogP contribution < -0.4 is 10.1 Å². The van der Waals surface area contributed by atoms with Crippen molar-refractivity contribution in [1.29, 1.82) is 0 Å². The number of carbonyl (C=O) groups is 1. The number of H-pyrrole nitrogens is 1. The predicted octanol–water partition coefficient (Wildman–Crippen LogP) is 3.17. The minimum absolute atomic E-state index is 0.0250. The number of pyridine rings is 1. The molecule has 0 radical (unpaired) electrons. The summed E-state index contributed by atoms with van der Waals surface area (Å²) in [6.45, 7) is 4.34. The van der Waals surface area contributed by atoms with Crippen LogP contribution in [0.1, 0.15) is 25.0 Å². The van der Waals surface area contributed by atoms with E-state index in [1.807, 2.05) is 50.4 Å². The molecule has 24 heavy (non-hydrogen) atoms. The molecule has 1 aromatic carbocycles. The van der Waals surface area contributed by atoms with E-state index < -0.39 is 5.41 Å². The van der Waals surface area contributed by atoms with Gasteiger partial charge >= 0.3 is 0 Å². The van der Waals surface area contributed by atoms with Gasteiger partial charge in [-0.1, -0.05) is 0 Å². The number of amides is 1. The molecule has 0 bridgehead atoms. The van der Waals surface area contributed by atoms with Gasteiger partial charge in [0.05, 0.1) is 12.5 Å². The highest BCUT2D eigenvalue weighted by Crippen LogP contribution is 2.32. The quantitative estimate of drug-likeness (QED) is 0.758. The molecule has 0 spiro atoms. The fraction of sp³-hybridized carbons (Fsp3) is 0.263. The van der Waals surface area contributed by atoms with Gasteiger partial charge in [0.25, 0.3) is 0 Å². The van der Waals surface area contributed by atoms with Crippen molar-refractivity contribution in [2.24, 2.45) is 0 Å². The lowest BCUT2D eigenvalue weighted by Crippen LogP contribution is -2.39. The van der Waals surface area contributed by atoms with Crippen LogP contribution in [-0.4, -0.2) is 23.0 Å². The molecule has 3 rings (SSSR count). The third-order valence-electron chi connectivity index (χ3n) is 4.33. The molecule has 2 aromatic heterocycles. The summed E-state index contributed by atoms with van der Waals surface area (Å²) in [7, 11) is 1.64. The highest BCUT2D eigenvalue weighted by atomic mass is 16.5. The van der Waals surface area contributed by atoms with Gasteiger partial charge in [-0.2, -0.15) is 0 Å². The molecule has 0 aliphatic heterocycles. The Bertz CT molecular complexity index is 853. The molecule has 5 nitrogen and oxygen atoms in total. The second-order valence-electron chi connectivity index (χ2n) is 6.28. The first-order chi connectivity index (χ1) is 11.5. The van der Waals surface area contributed by atoms with Crippen molar-refractivity contribution in [1.82, 2.24) is 15.3 Å². The zero-order valence-electron chi connectivity index (χ0n) is 14.1. The van der Waals surface area contributed by atoms with Gasteiger partial charge in [-0.05, 0) is 55.3 Å². The van der Waals surface area contributed by atoms with Gasteiger partial charge in [-0.25, -0.2) is 0 Å². The topological polar surface area (TPSA) is 67.0 Å². The van der Waals surface area contributed by atoms with Crippen LogP contribution in [0, 0.1) is 0 Å². The van der Waals surface area contributed by atoms with E-state index in [-0.39, 0.29) is 5.91 Å². The number of nitrogens with one attached hydrogen (secondary N) is 2. The zero-order valence-corrected chi connectivity index (χ0v) is 14.1. The maximum absolute atomic E-state index is 12.8. The summed E-state index contributed by atoms with van der Waals surface area (Å²) in [6, 6.07) is 9.61.